The van der Waals surface area contributed by atoms with E-state index in [4.69, 9.17) is 34.6 Å². The molecule has 4 N–H and O–H groups in total. The molecule has 0 bridgehead atoms. The fraction of sp³-hybridized carbons (Fsp3) is 0.400. The van der Waals surface area contributed by atoms with Crippen LogP contribution in [0.1, 0.15) is 11.8 Å². The van der Waals surface area contributed by atoms with Gasteiger partial charge in [0.2, 0.25) is 0 Å². The lowest BCUT2D eigenvalue weighted by Crippen LogP contribution is -2.39. The highest BCUT2D eigenvalue weighted by atomic mass is 16.8. The summed E-state index contributed by atoms with van der Waals surface area (Å²) in [6, 6.07) is 9.68. The summed E-state index contributed by atoms with van der Waals surface area (Å²) in [6.07, 6.45) is -3.48. The second-order valence-corrected chi connectivity index (χ2v) is 7.33. The molecule has 2 saturated heterocycles. The molecule has 4 rings (SSSR count). The summed E-state index contributed by atoms with van der Waals surface area (Å²) in [5.74, 6) is -0.798. The van der Waals surface area contributed by atoms with Crippen LogP contribution in [0.4, 0.5) is 10.6 Å². The van der Waals surface area contributed by atoms with Crippen molar-refractivity contribution in [2.75, 3.05) is 18.7 Å². The molecule has 176 valence electrons. The number of nitrogens with two attached hydrogens (primary N) is 1. The fourth-order valence-electron chi connectivity index (χ4n) is 3.47. The maximum Gasteiger partial charge on any atom is 0.509 e. The van der Waals surface area contributed by atoms with Crippen molar-refractivity contribution < 1.29 is 38.5 Å². The SMILES string of the molecule is N[C@@H](COCc1ccccc1)C(=O)OC[C@H]1O[C@@H](n2ccc(NO)nc2=O)[C@@H]2OC(=O)O[C@@H]21. The Kier molecular flexibility index (Phi) is 6.84. The van der Waals surface area contributed by atoms with Gasteiger partial charge in [0.05, 0.1) is 13.2 Å². The van der Waals surface area contributed by atoms with E-state index < -0.39 is 48.4 Å². The van der Waals surface area contributed by atoms with Gasteiger partial charge in [-0.05, 0) is 11.6 Å². The lowest BCUT2D eigenvalue weighted by Gasteiger charge is -2.19. The van der Waals surface area contributed by atoms with Crippen LogP contribution in [0.2, 0.25) is 0 Å². The van der Waals surface area contributed by atoms with Gasteiger partial charge in [-0.2, -0.15) is 4.98 Å². The lowest BCUT2D eigenvalue weighted by atomic mass is 10.1. The normalized spacial score (nSPS) is 24.5. The summed E-state index contributed by atoms with van der Waals surface area (Å²) >= 11 is 0. The van der Waals surface area contributed by atoms with Crippen molar-refractivity contribution in [1.82, 2.24) is 9.55 Å². The third kappa shape index (κ3) is 5.12. The van der Waals surface area contributed by atoms with Crippen molar-refractivity contribution in [2.45, 2.75) is 37.2 Å². The molecule has 0 amide bonds. The summed E-state index contributed by atoms with van der Waals surface area (Å²) in [5, 5.41) is 8.88. The second kappa shape index (κ2) is 9.95. The summed E-state index contributed by atoms with van der Waals surface area (Å²) < 4.78 is 27.8. The molecular formula is C20H22N4O9. The van der Waals surface area contributed by atoms with Crippen molar-refractivity contribution in [3.8, 4) is 0 Å². The van der Waals surface area contributed by atoms with Crippen LogP contribution in [0.15, 0.2) is 47.4 Å². The first kappa shape index (κ1) is 22.7. The Morgan fingerprint density at radius 3 is 2.70 bits per heavy atom. The largest absolute Gasteiger partial charge is 0.509 e. The van der Waals surface area contributed by atoms with Crippen molar-refractivity contribution in [3.63, 3.8) is 0 Å². The number of nitrogens with one attached hydrogen (secondary N) is 1. The number of carbonyl (C=O) groups is 2. The monoisotopic (exact) mass is 462 g/mol. The van der Waals surface area contributed by atoms with Crippen LogP contribution < -0.4 is 16.9 Å². The van der Waals surface area contributed by atoms with Crippen molar-refractivity contribution in [2.24, 2.45) is 5.73 Å². The molecular weight excluding hydrogens is 440 g/mol. The molecule has 0 unspecified atom stereocenters. The van der Waals surface area contributed by atoms with Crippen LogP contribution >= 0.6 is 0 Å². The Labute approximate surface area is 186 Å². The molecule has 2 fully saturated rings. The number of benzene rings is 1. The van der Waals surface area contributed by atoms with Gasteiger partial charge >= 0.3 is 17.8 Å². The molecule has 0 spiro atoms. The molecule has 0 radical (unpaired) electrons. The summed E-state index contributed by atoms with van der Waals surface area (Å²) in [4.78, 5) is 39.8. The first-order valence-corrected chi connectivity index (χ1v) is 10.0. The zero-order chi connectivity index (χ0) is 23.4. The van der Waals surface area contributed by atoms with Gasteiger partial charge in [-0.25, -0.2) is 9.59 Å². The number of ether oxygens (including phenoxy) is 5. The van der Waals surface area contributed by atoms with Crippen molar-refractivity contribution in [1.29, 1.82) is 0 Å². The Hall–Kier alpha value is -3.52. The third-order valence-electron chi connectivity index (χ3n) is 5.07. The molecule has 5 atom stereocenters. The predicted molar refractivity (Wildman–Crippen MR) is 108 cm³/mol. The average Bonchev–Trinajstić information content (AvgIpc) is 3.35. The number of aromatic nitrogens is 2. The van der Waals surface area contributed by atoms with Gasteiger partial charge in [0.25, 0.3) is 0 Å². The summed E-state index contributed by atoms with van der Waals surface area (Å²) in [7, 11) is 0. The van der Waals surface area contributed by atoms with Crippen LogP contribution in [0.3, 0.4) is 0 Å². The quantitative estimate of drug-likeness (QED) is 0.335. The Morgan fingerprint density at radius 2 is 1.97 bits per heavy atom. The molecule has 2 aliphatic heterocycles. The van der Waals surface area contributed by atoms with Crippen LogP contribution in [-0.4, -0.2) is 64.5 Å². The highest BCUT2D eigenvalue weighted by Gasteiger charge is 2.55. The minimum absolute atomic E-state index is 0.0572. The fourth-order valence-corrected chi connectivity index (χ4v) is 3.47. The topological polar surface area (TPSA) is 173 Å². The van der Waals surface area contributed by atoms with Crippen molar-refractivity contribution >= 4 is 17.9 Å². The Morgan fingerprint density at radius 1 is 1.21 bits per heavy atom. The number of esters is 1. The predicted octanol–water partition coefficient (Wildman–Crippen LogP) is -0.0669. The van der Waals surface area contributed by atoms with Crippen LogP contribution in [0.5, 0.6) is 0 Å². The second-order valence-electron chi connectivity index (χ2n) is 7.33. The number of fused-ring (bicyclic) bond motifs is 1. The highest BCUT2D eigenvalue weighted by Crippen LogP contribution is 2.37. The minimum atomic E-state index is -1.07. The van der Waals surface area contributed by atoms with E-state index in [1.165, 1.54) is 12.3 Å². The van der Waals surface area contributed by atoms with E-state index in [2.05, 4.69) is 4.98 Å². The van der Waals surface area contributed by atoms with Crippen molar-refractivity contribution in [3.05, 3.63) is 58.6 Å². The molecule has 0 aliphatic carbocycles. The highest BCUT2D eigenvalue weighted by molar-refractivity contribution is 5.75. The van der Waals surface area contributed by atoms with Gasteiger partial charge in [0, 0.05) is 6.20 Å². The smallest absolute Gasteiger partial charge is 0.462 e. The van der Waals surface area contributed by atoms with E-state index >= 15 is 0 Å². The summed E-state index contributed by atoms with van der Waals surface area (Å²) in [6.45, 7) is -0.0595. The number of hydrogen-bond donors (Lipinski definition) is 3. The molecule has 33 heavy (non-hydrogen) atoms. The minimum Gasteiger partial charge on any atom is -0.462 e. The summed E-state index contributed by atoms with van der Waals surface area (Å²) in [5.41, 5.74) is 7.76. The molecule has 0 saturated carbocycles. The van der Waals surface area contributed by atoms with Gasteiger partial charge in [-0.3, -0.25) is 20.0 Å². The molecule has 2 aliphatic rings. The van der Waals surface area contributed by atoms with E-state index in [0.717, 1.165) is 10.1 Å². The molecule has 13 heteroatoms. The molecule has 1 aromatic heterocycles. The molecule has 3 heterocycles. The number of nitrogens with zero attached hydrogens (tertiary/aromatic N) is 2. The number of anilines is 1. The van der Waals surface area contributed by atoms with Gasteiger partial charge in [0.15, 0.2) is 24.3 Å². The van der Waals surface area contributed by atoms with E-state index in [-0.39, 0.29) is 19.0 Å². The number of carbonyl (C=O) groups excluding carboxylic acids is 2. The Balaban J connectivity index is 1.33. The average molecular weight is 462 g/mol. The van der Waals surface area contributed by atoms with Gasteiger partial charge in [-0.15, -0.1) is 0 Å². The molecule has 13 nitrogen and oxygen atoms in total. The number of rotatable bonds is 9. The van der Waals surface area contributed by atoms with E-state index in [0.29, 0.717) is 6.61 Å². The van der Waals surface area contributed by atoms with E-state index in [1.807, 2.05) is 30.3 Å². The van der Waals surface area contributed by atoms with E-state index in [9.17, 15) is 14.4 Å². The lowest BCUT2D eigenvalue weighted by molar-refractivity contribution is -0.153. The zero-order valence-electron chi connectivity index (χ0n) is 17.2. The number of hydrogen-bond acceptors (Lipinski definition) is 12. The van der Waals surface area contributed by atoms with Crippen LogP contribution in [0.25, 0.3) is 0 Å². The Bertz CT molecular complexity index is 1050. The van der Waals surface area contributed by atoms with Crippen LogP contribution in [0, 0.1) is 0 Å². The maximum atomic E-state index is 12.3. The first-order valence-electron chi connectivity index (χ1n) is 10.0. The standard InChI is InChI=1S/C20H22N4O9/c21-12(9-29-8-11-4-2-1-3-5-11)18(25)30-10-13-15-16(33-20(27)32-15)17(31-13)24-7-6-14(23-28)22-19(24)26/h1-7,12-13,15-17,28H,8-10,21H2,(H,22,23,26)/t12-,13+,15+,16+,17+/m0/s1. The van der Waals surface area contributed by atoms with Gasteiger partial charge in [0.1, 0.15) is 18.8 Å². The molecule has 1 aromatic carbocycles. The zero-order valence-corrected chi connectivity index (χ0v) is 17.2. The molecule has 2 aromatic rings. The first-order chi connectivity index (χ1) is 16.0. The maximum absolute atomic E-state index is 12.3. The van der Waals surface area contributed by atoms with E-state index in [1.54, 1.807) is 5.48 Å². The van der Waals surface area contributed by atoms with Gasteiger partial charge < -0.3 is 29.4 Å². The van der Waals surface area contributed by atoms with Crippen LogP contribution in [-0.2, 0) is 35.1 Å². The van der Waals surface area contributed by atoms with Gasteiger partial charge in [-0.1, -0.05) is 30.3 Å². The third-order valence-corrected chi connectivity index (χ3v) is 5.07.